The van der Waals surface area contributed by atoms with E-state index in [-0.39, 0.29) is 11.2 Å². The maximum Gasteiger partial charge on any atom is 0.382 e. The van der Waals surface area contributed by atoms with Gasteiger partial charge in [0.05, 0.1) is 6.20 Å². The highest BCUT2D eigenvalue weighted by atomic mass is 16.6. The average Bonchev–Trinajstić information content (AvgIpc) is 3.30. The minimum atomic E-state index is -0.529. The predicted molar refractivity (Wildman–Crippen MR) is 97.5 cm³/mol. The zero-order chi connectivity index (χ0) is 18.6. The fourth-order valence-electron chi connectivity index (χ4n) is 5.87. The van der Waals surface area contributed by atoms with Gasteiger partial charge in [0.2, 0.25) is 5.76 Å². The van der Waals surface area contributed by atoms with Crippen molar-refractivity contribution in [3.05, 3.63) is 47.3 Å². The van der Waals surface area contributed by atoms with Gasteiger partial charge in [-0.2, -0.15) is 0 Å². The molecular formula is C22H23NO4. The number of carbonyl (C=O) groups excluding carboxylic acids is 2. The van der Waals surface area contributed by atoms with E-state index in [0.29, 0.717) is 29.3 Å². The van der Waals surface area contributed by atoms with Crippen LogP contribution in [0.3, 0.4) is 0 Å². The van der Waals surface area contributed by atoms with E-state index in [4.69, 9.17) is 9.26 Å². The third-order valence-corrected chi connectivity index (χ3v) is 7.26. The number of hydrogen-bond acceptors (Lipinski definition) is 5. The summed E-state index contributed by atoms with van der Waals surface area (Å²) in [6, 6.07) is 7.48. The summed E-state index contributed by atoms with van der Waals surface area (Å²) in [6.07, 6.45) is 7.41. The van der Waals surface area contributed by atoms with Crippen molar-refractivity contribution >= 4 is 11.8 Å². The van der Waals surface area contributed by atoms with Crippen molar-refractivity contribution in [1.29, 1.82) is 0 Å². The maximum absolute atomic E-state index is 12.4. The molecule has 0 N–H and O–H groups in total. The number of hydrogen-bond donors (Lipinski definition) is 0. The van der Waals surface area contributed by atoms with Crippen LogP contribution in [-0.4, -0.2) is 16.9 Å². The van der Waals surface area contributed by atoms with Crippen molar-refractivity contribution in [3.63, 3.8) is 0 Å². The van der Waals surface area contributed by atoms with Crippen LogP contribution in [0.5, 0.6) is 5.75 Å². The molecule has 1 aromatic carbocycles. The molecule has 0 amide bonds. The van der Waals surface area contributed by atoms with Gasteiger partial charge in [-0.1, -0.05) is 18.1 Å². The second-order valence-electron chi connectivity index (χ2n) is 8.46. The SMILES string of the molecule is C[C@]12CC[C@@H]3c4ccc(OC(=O)c5ccno5)cc4CC[C@H]3[C@@H]1CCC2=O. The van der Waals surface area contributed by atoms with Crippen molar-refractivity contribution in [2.24, 2.45) is 17.3 Å². The minimum absolute atomic E-state index is 0.0920. The van der Waals surface area contributed by atoms with Crippen molar-refractivity contribution in [1.82, 2.24) is 5.16 Å². The van der Waals surface area contributed by atoms with Crippen LogP contribution in [0.2, 0.25) is 0 Å². The van der Waals surface area contributed by atoms with Gasteiger partial charge in [-0.25, -0.2) is 4.79 Å². The van der Waals surface area contributed by atoms with E-state index < -0.39 is 5.97 Å². The molecule has 5 rings (SSSR count). The molecule has 0 aliphatic heterocycles. The highest BCUT2D eigenvalue weighted by Crippen LogP contribution is 2.59. The lowest BCUT2D eigenvalue weighted by Crippen LogP contribution is -2.42. The molecular weight excluding hydrogens is 342 g/mol. The number of carbonyl (C=O) groups is 2. The first-order chi connectivity index (χ1) is 13.1. The van der Waals surface area contributed by atoms with Crippen LogP contribution in [0.1, 0.15) is 66.6 Å². The van der Waals surface area contributed by atoms with Gasteiger partial charge in [-0.05, 0) is 73.1 Å². The van der Waals surface area contributed by atoms with E-state index in [1.54, 1.807) is 0 Å². The Labute approximate surface area is 158 Å². The van der Waals surface area contributed by atoms with Crippen molar-refractivity contribution in [3.8, 4) is 5.75 Å². The summed E-state index contributed by atoms with van der Waals surface area (Å²) in [5, 5.41) is 3.54. The van der Waals surface area contributed by atoms with Gasteiger partial charge in [0, 0.05) is 17.9 Å². The van der Waals surface area contributed by atoms with E-state index in [1.165, 1.54) is 23.4 Å². The van der Waals surface area contributed by atoms with Gasteiger partial charge < -0.3 is 9.26 Å². The summed E-state index contributed by atoms with van der Waals surface area (Å²) in [5.74, 6) is 2.25. The van der Waals surface area contributed by atoms with Crippen LogP contribution in [0.25, 0.3) is 0 Å². The molecule has 1 heterocycles. The Balaban J connectivity index is 1.39. The van der Waals surface area contributed by atoms with Gasteiger partial charge in [0.1, 0.15) is 11.5 Å². The molecule has 2 fully saturated rings. The molecule has 2 saturated carbocycles. The topological polar surface area (TPSA) is 69.4 Å². The second-order valence-corrected chi connectivity index (χ2v) is 8.46. The molecule has 27 heavy (non-hydrogen) atoms. The smallest absolute Gasteiger partial charge is 0.382 e. The van der Waals surface area contributed by atoms with Crippen molar-refractivity contribution in [2.75, 3.05) is 0 Å². The summed E-state index contributed by atoms with van der Waals surface area (Å²) < 4.78 is 10.3. The molecule has 2 aromatic rings. The fraction of sp³-hybridized carbons (Fsp3) is 0.500. The van der Waals surface area contributed by atoms with Gasteiger partial charge in [0.25, 0.3) is 0 Å². The van der Waals surface area contributed by atoms with Gasteiger partial charge in [-0.3, -0.25) is 4.79 Å². The Kier molecular flexibility index (Phi) is 3.74. The van der Waals surface area contributed by atoms with E-state index in [2.05, 4.69) is 18.1 Å². The van der Waals surface area contributed by atoms with Crippen molar-refractivity contribution < 1.29 is 18.8 Å². The number of aryl methyl sites for hydroxylation is 1. The molecule has 5 nitrogen and oxygen atoms in total. The van der Waals surface area contributed by atoms with Crippen LogP contribution < -0.4 is 4.74 Å². The molecule has 0 bridgehead atoms. The van der Waals surface area contributed by atoms with Crippen LogP contribution in [0, 0.1) is 17.3 Å². The number of esters is 1. The first kappa shape index (κ1) is 16.7. The lowest BCUT2D eigenvalue weighted by atomic mass is 9.55. The fourth-order valence-corrected chi connectivity index (χ4v) is 5.87. The summed E-state index contributed by atoms with van der Waals surface area (Å²) in [5.41, 5.74) is 2.56. The van der Waals surface area contributed by atoms with Crippen LogP contribution in [0.15, 0.2) is 35.0 Å². The molecule has 0 saturated heterocycles. The largest absolute Gasteiger partial charge is 0.421 e. The molecule has 140 valence electrons. The monoisotopic (exact) mass is 365 g/mol. The lowest BCUT2D eigenvalue weighted by molar-refractivity contribution is -0.129. The number of benzene rings is 1. The highest BCUT2D eigenvalue weighted by Gasteiger charge is 2.54. The Bertz CT molecular complexity index is 903. The molecule has 0 spiro atoms. The second kappa shape index (κ2) is 6.04. The Morgan fingerprint density at radius 2 is 2.11 bits per heavy atom. The van der Waals surface area contributed by atoms with Crippen molar-refractivity contribution in [2.45, 2.75) is 51.4 Å². The Morgan fingerprint density at radius 1 is 1.22 bits per heavy atom. The number of aromatic nitrogens is 1. The van der Waals surface area contributed by atoms with Crippen LogP contribution >= 0.6 is 0 Å². The molecule has 3 aliphatic carbocycles. The van der Waals surface area contributed by atoms with Gasteiger partial charge in [0.15, 0.2) is 0 Å². The maximum atomic E-state index is 12.4. The number of Topliss-reactive ketones (excluding diaryl/α,β-unsaturated/α-hetero) is 1. The number of ketones is 1. The summed E-state index contributed by atoms with van der Waals surface area (Å²) in [7, 11) is 0. The normalized spacial score (nSPS) is 31.7. The zero-order valence-electron chi connectivity index (χ0n) is 15.4. The predicted octanol–water partition coefficient (Wildman–Crippen LogP) is 4.32. The lowest BCUT2D eigenvalue weighted by Gasteiger charge is -2.48. The Hall–Kier alpha value is -2.43. The van der Waals surface area contributed by atoms with Crippen LogP contribution in [0.4, 0.5) is 0 Å². The molecule has 1 aromatic heterocycles. The standard InChI is InChI=1S/C22H23NO4/c1-22-10-8-16-15-5-3-14(26-21(25)19-9-11-23-27-19)12-13(15)2-4-17(16)18(22)6-7-20(22)24/h3,5,9,11-12,16-18H,2,4,6-8,10H2,1H3/t16-,17-,18+,22+/m1/s1. The molecule has 3 aliphatic rings. The molecule has 0 unspecified atom stereocenters. The molecule has 4 atom stereocenters. The molecule has 0 radical (unpaired) electrons. The molecule has 5 heteroatoms. The first-order valence-corrected chi connectivity index (χ1v) is 9.85. The summed E-state index contributed by atoms with van der Waals surface area (Å²) in [6.45, 7) is 2.20. The van der Waals surface area contributed by atoms with Crippen LogP contribution in [-0.2, 0) is 11.2 Å². The number of fused-ring (bicyclic) bond motifs is 5. The number of ether oxygens (including phenoxy) is 1. The minimum Gasteiger partial charge on any atom is -0.421 e. The third-order valence-electron chi connectivity index (χ3n) is 7.26. The first-order valence-electron chi connectivity index (χ1n) is 9.85. The van der Waals surface area contributed by atoms with E-state index >= 15 is 0 Å². The van der Waals surface area contributed by atoms with E-state index in [1.807, 2.05) is 12.1 Å². The highest BCUT2D eigenvalue weighted by molar-refractivity contribution is 5.88. The van der Waals surface area contributed by atoms with E-state index in [0.717, 1.165) is 38.5 Å². The summed E-state index contributed by atoms with van der Waals surface area (Å²) in [4.78, 5) is 24.5. The zero-order valence-corrected chi connectivity index (χ0v) is 15.4. The summed E-state index contributed by atoms with van der Waals surface area (Å²) >= 11 is 0. The van der Waals surface area contributed by atoms with E-state index in [9.17, 15) is 9.59 Å². The van der Waals surface area contributed by atoms with Gasteiger partial charge >= 0.3 is 5.97 Å². The Morgan fingerprint density at radius 3 is 2.93 bits per heavy atom. The quantitative estimate of drug-likeness (QED) is 0.586. The average molecular weight is 365 g/mol. The number of nitrogens with zero attached hydrogens (tertiary/aromatic N) is 1. The number of rotatable bonds is 2. The third kappa shape index (κ3) is 2.55. The van der Waals surface area contributed by atoms with Gasteiger partial charge in [-0.15, -0.1) is 0 Å².